The van der Waals surface area contributed by atoms with E-state index in [0.29, 0.717) is 31.0 Å². The first kappa shape index (κ1) is 24.0. The van der Waals surface area contributed by atoms with Crippen LogP contribution in [0.1, 0.15) is 17.8 Å². The molecule has 0 bridgehead atoms. The Morgan fingerprint density at radius 2 is 1.50 bits per heavy atom. The van der Waals surface area contributed by atoms with Crippen LogP contribution in [0.5, 0.6) is 11.5 Å². The average molecular weight is 484 g/mol. The Morgan fingerprint density at radius 3 is 1.97 bits per heavy atom. The minimum Gasteiger partial charge on any atom is -0.497 e. The van der Waals surface area contributed by atoms with E-state index < -0.39 is 11.6 Å². The van der Waals surface area contributed by atoms with E-state index in [-0.39, 0.29) is 0 Å². The van der Waals surface area contributed by atoms with E-state index in [2.05, 4.69) is 0 Å². The van der Waals surface area contributed by atoms with Crippen LogP contribution in [0.15, 0.2) is 48.5 Å². The molecule has 3 aromatic rings. The number of amides is 2. The van der Waals surface area contributed by atoms with Crippen LogP contribution < -0.4 is 9.47 Å². The number of nitrogens with zero attached hydrogens (tertiary/aromatic N) is 3. The molecule has 1 aromatic heterocycles. The summed E-state index contributed by atoms with van der Waals surface area (Å²) in [6.07, 6.45) is 1.17. The molecule has 1 fully saturated rings. The van der Waals surface area contributed by atoms with Gasteiger partial charge in [0, 0.05) is 45.7 Å². The zero-order valence-electron chi connectivity index (χ0n) is 19.8. The lowest BCUT2D eigenvalue weighted by atomic mass is 9.91. The van der Waals surface area contributed by atoms with Crippen molar-refractivity contribution < 1.29 is 24.2 Å². The van der Waals surface area contributed by atoms with Crippen LogP contribution >= 0.6 is 11.3 Å². The summed E-state index contributed by atoms with van der Waals surface area (Å²) in [6.45, 7) is 0.930. The molecule has 2 amide bonds. The van der Waals surface area contributed by atoms with E-state index in [9.17, 15) is 10.0 Å². The summed E-state index contributed by atoms with van der Waals surface area (Å²) < 4.78 is 16.7. The van der Waals surface area contributed by atoms with Crippen molar-refractivity contribution in [3.8, 4) is 33.2 Å². The lowest BCUT2D eigenvalue weighted by Crippen LogP contribution is -2.49. The van der Waals surface area contributed by atoms with Crippen LogP contribution in [0.4, 0.5) is 4.79 Å². The molecule has 0 saturated carbocycles. The largest absolute Gasteiger partial charge is 0.497 e. The molecule has 8 nitrogen and oxygen atoms in total. The molecule has 9 heteroatoms. The van der Waals surface area contributed by atoms with Gasteiger partial charge in [-0.2, -0.15) is 0 Å². The molecule has 1 saturated heterocycles. The number of hydroxylamine groups is 2. The Morgan fingerprint density at radius 1 is 0.971 bits per heavy atom. The highest BCUT2D eigenvalue weighted by Gasteiger charge is 2.41. The van der Waals surface area contributed by atoms with Crippen LogP contribution in [0, 0.1) is 0 Å². The van der Waals surface area contributed by atoms with Gasteiger partial charge in [0.15, 0.2) is 0 Å². The number of benzene rings is 2. The standard InChI is InChI=1S/C25H29N3O5S/c1-27(30)24(29)28-15-13-25(33-4,14-16-28)23-26-21(17-5-9-19(31-2)10-6-17)22(34-23)18-7-11-20(32-3)12-8-18/h5-12,30H,13-16H2,1-4H3. The second-order valence-corrected chi connectivity index (χ2v) is 9.14. The van der Waals surface area contributed by atoms with Crippen molar-refractivity contribution in [1.29, 1.82) is 0 Å². The Balaban J connectivity index is 1.74. The van der Waals surface area contributed by atoms with E-state index in [1.807, 2.05) is 48.5 Å². The lowest BCUT2D eigenvalue weighted by molar-refractivity contribution is -0.0731. The minimum atomic E-state index is -0.610. The average Bonchev–Trinajstić information content (AvgIpc) is 3.34. The van der Waals surface area contributed by atoms with E-state index in [1.54, 1.807) is 37.6 Å². The van der Waals surface area contributed by atoms with Crippen molar-refractivity contribution in [3.05, 3.63) is 53.5 Å². The fraction of sp³-hybridized carbons (Fsp3) is 0.360. The minimum absolute atomic E-state index is 0.415. The number of carbonyl (C=O) groups excluding carboxylic acids is 1. The maximum Gasteiger partial charge on any atom is 0.343 e. The highest BCUT2D eigenvalue weighted by molar-refractivity contribution is 7.15. The van der Waals surface area contributed by atoms with Gasteiger partial charge in [0.2, 0.25) is 0 Å². The number of carbonyl (C=O) groups is 1. The topological polar surface area (TPSA) is 84.4 Å². The van der Waals surface area contributed by atoms with Crippen LogP contribution in [0.2, 0.25) is 0 Å². The normalized spacial score (nSPS) is 15.1. The predicted molar refractivity (Wildman–Crippen MR) is 131 cm³/mol. The fourth-order valence-corrected chi connectivity index (χ4v) is 5.48. The molecule has 1 aliphatic heterocycles. The molecule has 180 valence electrons. The molecule has 34 heavy (non-hydrogen) atoms. The third kappa shape index (κ3) is 4.59. The molecule has 1 aliphatic rings. The molecule has 2 heterocycles. The smallest absolute Gasteiger partial charge is 0.343 e. The molecular weight excluding hydrogens is 454 g/mol. The lowest BCUT2D eigenvalue weighted by Gasteiger charge is -2.39. The second-order valence-electron chi connectivity index (χ2n) is 8.15. The third-order valence-corrected chi connectivity index (χ3v) is 7.53. The zero-order chi connectivity index (χ0) is 24.3. The van der Waals surface area contributed by atoms with Crippen LogP contribution in [0.3, 0.4) is 0 Å². The number of urea groups is 1. The van der Waals surface area contributed by atoms with Crippen molar-refractivity contribution in [3.63, 3.8) is 0 Å². The third-order valence-electron chi connectivity index (χ3n) is 6.24. The fourth-order valence-electron chi connectivity index (χ4n) is 4.17. The van der Waals surface area contributed by atoms with Gasteiger partial charge in [0.25, 0.3) is 0 Å². The number of aromatic nitrogens is 1. The second kappa shape index (κ2) is 10.0. The summed E-state index contributed by atoms with van der Waals surface area (Å²) in [5, 5.41) is 11.0. The summed E-state index contributed by atoms with van der Waals surface area (Å²) >= 11 is 1.61. The summed E-state index contributed by atoms with van der Waals surface area (Å²) in [5.74, 6) is 1.57. The first-order valence-corrected chi connectivity index (χ1v) is 11.8. The Labute approximate surface area is 203 Å². The maximum absolute atomic E-state index is 12.2. The van der Waals surface area contributed by atoms with Crippen molar-refractivity contribution >= 4 is 17.4 Å². The number of hydrogen-bond donors (Lipinski definition) is 1. The quantitative estimate of drug-likeness (QED) is 0.398. The summed E-state index contributed by atoms with van der Waals surface area (Å²) in [4.78, 5) is 19.9. The van der Waals surface area contributed by atoms with E-state index >= 15 is 0 Å². The van der Waals surface area contributed by atoms with E-state index in [1.165, 1.54) is 7.05 Å². The summed E-state index contributed by atoms with van der Waals surface area (Å²) in [7, 11) is 6.32. The number of thiazole rings is 1. The van der Waals surface area contributed by atoms with Gasteiger partial charge in [0.05, 0.1) is 24.8 Å². The van der Waals surface area contributed by atoms with Gasteiger partial charge in [-0.05, 0) is 54.1 Å². The highest BCUT2D eigenvalue weighted by Crippen LogP contribution is 2.45. The monoisotopic (exact) mass is 483 g/mol. The first-order valence-electron chi connectivity index (χ1n) is 11.0. The highest BCUT2D eigenvalue weighted by atomic mass is 32.1. The summed E-state index contributed by atoms with van der Waals surface area (Å²) in [6, 6.07) is 15.4. The molecular formula is C25H29N3O5S. The first-order chi connectivity index (χ1) is 16.4. The zero-order valence-corrected chi connectivity index (χ0v) is 20.6. The predicted octanol–water partition coefficient (Wildman–Crippen LogP) is 4.87. The molecule has 0 atom stereocenters. The summed E-state index contributed by atoms with van der Waals surface area (Å²) in [5.41, 5.74) is 2.28. The number of methoxy groups -OCH3 is 3. The number of piperidine rings is 1. The number of likely N-dealkylation sites (tertiary alicyclic amines) is 1. The number of hydrogen-bond acceptors (Lipinski definition) is 7. The van der Waals surface area contributed by atoms with Crippen molar-refractivity contribution in [2.45, 2.75) is 18.4 Å². The van der Waals surface area contributed by atoms with Gasteiger partial charge in [-0.1, -0.05) is 0 Å². The van der Waals surface area contributed by atoms with Crippen molar-refractivity contribution in [1.82, 2.24) is 14.9 Å². The number of ether oxygens (including phenoxy) is 3. The molecule has 0 spiro atoms. The SMILES string of the molecule is COc1ccc(-c2nc(C3(OC)CCN(C(=O)N(C)O)CC3)sc2-c2ccc(OC)cc2)cc1. The molecule has 0 radical (unpaired) electrons. The Kier molecular flexibility index (Phi) is 7.06. The van der Waals surface area contributed by atoms with Gasteiger partial charge in [0.1, 0.15) is 22.1 Å². The van der Waals surface area contributed by atoms with Crippen molar-refractivity contribution in [2.75, 3.05) is 41.5 Å². The van der Waals surface area contributed by atoms with Gasteiger partial charge in [-0.25, -0.2) is 14.8 Å². The molecule has 4 rings (SSSR count). The van der Waals surface area contributed by atoms with Gasteiger partial charge in [-0.3, -0.25) is 5.21 Å². The van der Waals surface area contributed by atoms with E-state index in [4.69, 9.17) is 19.2 Å². The Bertz CT molecular complexity index is 1060. The molecule has 1 N–H and O–H groups in total. The van der Waals surface area contributed by atoms with Crippen LogP contribution in [0.25, 0.3) is 21.7 Å². The van der Waals surface area contributed by atoms with Gasteiger partial charge >= 0.3 is 6.03 Å². The molecule has 0 unspecified atom stereocenters. The van der Waals surface area contributed by atoms with Gasteiger partial charge in [-0.15, -0.1) is 11.3 Å². The van der Waals surface area contributed by atoms with Crippen LogP contribution in [-0.4, -0.2) is 67.7 Å². The van der Waals surface area contributed by atoms with Crippen LogP contribution in [-0.2, 0) is 10.3 Å². The molecule has 2 aromatic carbocycles. The Hall–Kier alpha value is -3.14. The van der Waals surface area contributed by atoms with E-state index in [0.717, 1.165) is 38.2 Å². The molecule has 0 aliphatic carbocycles. The maximum atomic E-state index is 12.2. The van der Waals surface area contributed by atoms with Crippen molar-refractivity contribution in [2.24, 2.45) is 0 Å². The number of rotatable bonds is 6. The van der Waals surface area contributed by atoms with Gasteiger partial charge < -0.3 is 19.1 Å².